The number of carboxylic acid groups (broad SMARTS) is 3. The highest BCUT2D eigenvalue weighted by atomic mass is 32.2. The highest BCUT2D eigenvalue weighted by molar-refractivity contribution is 7.98. The lowest BCUT2D eigenvalue weighted by molar-refractivity contribution is -0.141. The number of thioether (sulfide) groups is 1. The third-order valence-electron chi connectivity index (χ3n) is 6.76. The van der Waals surface area contributed by atoms with Gasteiger partial charge in [-0.05, 0) is 51.5 Å². The zero-order valence-electron chi connectivity index (χ0n) is 28.4. The van der Waals surface area contributed by atoms with Crippen LogP contribution < -0.4 is 49.1 Å². The first kappa shape index (κ1) is 45.8. The second kappa shape index (κ2) is 24.0. The van der Waals surface area contributed by atoms with E-state index < -0.39 is 115 Å². The largest absolute Gasteiger partial charge is 0.481 e. The van der Waals surface area contributed by atoms with Crippen molar-refractivity contribution < 1.29 is 58.5 Å². The number of aliphatic imine (C=N–C) groups is 1. The summed E-state index contributed by atoms with van der Waals surface area (Å²) in [6.45, 7) is 1.71. The molecule has 0 aliphatic carbocycles. The van der Waals surface area contributed by atoms with Gasteiger partial charge in [-0.15, -0.1) is 0 Å². The van der Waals surface area contributed by atoms with Crippen molar-refractivity contribution >= 4 is 71.1 Å². The van der Waals surface area contributed by atoms with Crippen LogP contribution in [0.25, 0.3) is 0 Å². The highest BCUT2D eigenvalue weighted by Gasteiger charge is 2.31. The number of carbonyl (C=O) groups is 9. The summed E-state index contributed by atoms with van der Waals surface area (Å²) in [6.07, 6.45) is 0.288. The summed E-state index contributed by atoms with van der Waals surface area (Å²) in [5, 5.41) is 40.7. The van der Waals surface area contributed by atoms with Gasteiger partial charge in [-0.1, -0.05) is 0 Å². The van der Waals surface area contributed by atoms with Gasteiger partial charge in [0.25, 0.3) is 0 Å². The summed E-state index contributed by atoms with van der Waals surface area (Å²) < 4.78 is 0. The van der Waals surface area contributed by atoms with E-state index in [1.165, 1.54) is 25.6 Å². The Hall–Kier alpha value is -5.19. The van der Waals surface area contributed by atoms with Gasteiger partial charge in [-0.25, -0.2) is 0 Å². The summed E-state index contributed by atoms with van der Waals surface area (Å²) in [6, 6.07) is -8.17. The summed E-state index contributed by atoms with van der Waals surface area (Å²) in [5.74, 6) is -9.34. The number of carbonyl (C=O) groups excluding carboxylic acids is 6. The number of hydrogen-bond donors (Lipinski definition) is 12. The molecule has 0 heterocycles. The van der Waals surface area contributed by atoms with Crippen LogP contribution >= 0.6 is 11.8 Å². The molecule has 6 amide bonds. The summed E-state index contributed by atoms with van der Waals surface area (Å²) in [5.41, 5.74) is 16.5. The van der Waals surface area contributed by atoms with Crippen molar-refractivity contribution in [3.8, 4) is 0 Å². The van der Waals surface area contributed by atoms with Crippen molar-refractivity contribution in [1.29, 1.82) is 0 Å². The van der Waals surface area contributed by atoms with E-state index in [4.69, 9.17) is 27.4 Å². The lowest BCUT2D eigenvalue weighted by Crippen LogP contribution is -2.59. The monoisotopic (exact) mass is 748 g/mol. The van der Waals surface area contributed by atoms with Crippen LogP contribution in [0.5, 0.6) is 0 Å². The topological polar surface area (TPSA) is 377 Å². The standard InChI is InChI=1S/C28H48N10O12S/c1-13(22(45)34-14(2)23(46)36-17(6-7-19(39)40)25(48)33-12-21(43)44)35-26(49)16(5-4-9-32-28(30)31)37-27(50)18(11-20(41)42)38-24(47)15(29)8-10-51-3/h13-18H,4-12,29H2,1-3H3,(H,33,48)(H,34,45)(H,35,49)(H,36,46)(H,37,50)(H,38,47)(H,39,40)(H,41,42)(H,43,44)(H4,30,31,32)/t13-,14-,15-,16-,17-,18-/m0/s1. The second-order valence-electron chi connectivity index (χ2n) is 11.1. The van der Waals surface area contributed by atoms with Gasteiger partial charge in [0.15, 0.2) is 5.96 Å². The number of nitrogens with two attached hydrogens (primary N) is 3. The molecule has 0 radical (unpaired) electrons. The first-order valence-corrected chi connectivity index (χ1v) is 16.9. The van der Waals surface area contributed by atoms with Gasteiger partial charge >= 0.3 is 17.9 Å². The van der Waals surface area contributed by atoms with E-state index in [0.717, 1.165) is 0 Å². The number of carboxylic acids is 3. The van der Waals surface area contributed by atoms with Crippen molar-refractivity contribution in [2.75, 3.05) is 25.1 Å². The van der Waals surface area contributed by atoms with E-state index in [0.29, 0.717) is 5.75 Å². The van der Waals surface area contributed by atoms with E-state index in [2.05, 4.69) is 31.6 Å². The van der Waals surface area contributed by atoms with Crippen molar-refractivity contribution in [1.82, 2.24) is 31.9 Å². The summed E-state index contributed by atoms with van der Waals surface area (Å²) in [7, 11) is 0. The number of aliphatic carboxylic acids is 3. The number of amides is 6. The van der Waals surface area contributed by atoms with Crippen LogP contribution in [0.3, 0.4) is 0 Å². The predicted octanol–water partition coefficient (Wildman–Crippen LogP) is -4.88. The van der Waals surface area contributed by atoms with E-state index in [1.54, 1.807) is 6.26 Å². The number of guanidine groups is 1. The third-order valence-corrected chi connectivity index (χ3v) is 7.40. The first-order chi connectivity index (χ1) is 23.8. The van der Waals surface area contributed by atoms with Crippen LogP contribution in [0, 0.1) is 0 Å². The molecular formula is C28H48N10O12S. The SMILES string of the molecule is CSCC[C@H](N)C(=O)N[C@@H](CC(=O)O)C(=O)N[C@@H](CCCN=C(N)N)C(=O)N[C@@H](C)C(=O)N[C@@H](C)C(=O)N[C@@H](CCC(=O)O)C(=O)NCC(=O)O. The van der Waals surface area contributed by atoms with E-state index in [-0.39, 0.29) is 31.8 Å². The van der Waals surface area contributed by atoms with Gasteiger partial charge in [0.05, 0.1) is 12.5 Å². The summed E-state index contributed by atoms with van der Waals surface area (Å²) >= 11 is 1.43. The molecule has 0 rings (SSSR count). The molecule has 51 heavy (non-hydrogen) atoms. The van der Waals surface area contributed by atoms with Crippen molar-refractivity contribution in [2.45, 2.75) is 88.6 Å². The van der Waals surface area contributed by atoms with Crippen LogP contribution in [0.4, 0.5) is 0 Å². The number of nitrogens with one attached hydrogen (secondary N) is 6. The molecule has 22 nitrogen and oxygen atoms in total. The molecule has 0 aromatic heterocycles. The van der Waals surface area contributed by atoms with Gasteiger partial charge in [0.1, 0.15) is 36.8 Å². The fraction of sp³-hybridized carbons (Fsp3) is 0.643. The van der Waals surface area contributed by atoms with Gasteiger partial charge in [0, 0.05) is 13.0 Å². The van der Waals surface area contributed by atoms with Crippen molar-refractivity contribution in [3.05, 3.63) is 0 Å². The molecule has 23 heteroatoms. The average molecular weight is 749 g/mol. The number of hydrogen-bond acceptors (Lipinski definition) is 12. The molecule has 0 unspecified atom stereocenters. The van der Waals surface area contributed by atoms with Gasteiger partial charge in [-0.3, -0.25) is 48.1 Å². The molecule has 0 saturated heterocycles. The molecular weight excluding hydrogens is 700 g/mol. The molecule has 6 atom stereocenters. The maximum atomic E-state index is 13.3. The van der Waals surface area contributed by atoms with Gasteiger partial charge < -0.3 is 64.4 Å². The normalized spacial score (nSPS) is 14.1. The molecule has 0 bridgehead atoms. The lowest BCUT2D eigenvalue weighted by atomic mass is 10.1. The Balaban J connectivity index is 5.73. The van der Waals surface area contributed by atoms with Crippen molar-refractivity contribution in [2.24, 2.45) is 22.2 Å². The molecule has 0 aliphatic rings. The van der Waals surface area contributed by atoms with Crippen LogP contribution in [0.1, 0.15) is 52.4 Å². The Morgan fingerprint density at radius 3 is 1.69 bits per heavy atom. The minimum atomic E-state index is -1.62. The van der Waals surface area contributed by atoms with Crippen LogP contribution in [0.15, 0.2) is 4.99 Å². The first-order valence-electron chi connectivity index (χ1n) is 15.5. The minimum absolute atomic E-state index is 0.0338. The zero-order valence-corrected chi connectivity index (χ0v) is 29.2. The quantitative estimate of drug-likeness (QED) is 0.0236. The van der Waals surface area contributed by atoms with Crippen LogP contribution in [-0.4, -0.2) is 136 Å². The Bertz CT molecular complexity index is 1300. The molecule has 0 spiro atoms. The Labute approximate surface area is 297 Å². The maximum Gasteiger partial charge on any atom is 0.322 e. The Kier molecular flexibility index (Phi) is 21.6. The highest BCUT2D eigenvalue weighted by Crippen LogP contribution is 2.05. The molecule has 0 saturated carbocycles. The lowest BCUT2D eigenvalue weighted by Gasteiger charge is -2.25. The van der Waals surface area contributed by atoms with Gasteiger partial charge in [-0.2, -0.15) is 11.8 Å². The average Bonchev–Trinajstić information content (AvgIpc) is 3.04. The second-order valence-corrected chi connectivity index (χ2v) is 12.1. The molecule has 0 aliphatic heterocycles. The molecule has 0 aromatic rings. The predicted molar refractivity (Wildman–Crippen MR) is 182 cm³/mol. The fourth-order valence-electron chi connectivity index (χ4n) is 3.99. The maximum absolute atomic E-state index is 13.3. The molecule has 0 fully saturated rings. The Morgan fingerprint density at radius 1 is 0.647 bits per heavy atom. The molecule has 15 N–H and O–H groups in total. The Morgan fingerprint density at radius 2 is 1.16 bits per heavy atom. The van der Waals surface area contributed by atoms with Crippen LogP contribution in [0.2, 0.25) is 0 Å². The fourth-order valence-corrected chi connectivity index (χ4v) is 4.48. The zero-order chi connectivity index (χ0) is 39.3. The van der Waals surface area contributed by atoms with E-state index in [9.17, 15) is 48.3 Å². The molecule has 0 aromatic carbocycles. The third kappa shape index (κ3) is 20.2. The number of rotatable bonds is 25. The van der Waals surface area contributed by atoms with Gasteiger partial charge in [0.2, 0.25) is 35.4 Å². The van der Waals surface area contributed by atoms with Crippen LogP contribution in [-0.2, 0) is 43.2 Å². The van der Waals surface area contributed by atoms with E-state index in [1.807, 2.05) is 5.32 Å². The smallest absolute Gasteiger partial charge is 0.322 e. The summed E-state index contributed by atoms with van der Waals surface area (Å²) in [4.78, 5) is 114. The number of nitrogens with zero attached hydrogens (tertiary/aromatic N) is 1. The van der Waals surface area contributed by atoms with E-state index >= 15 is 0 Å². The minimum Gasteiger partial charge on any atom is -0.481 e. The molecule has 288 valence electrons. The van der Waals surface area contributed by atoms with Crippen molar-refractivity contribution in [3.63, 3.8) is 0 Å².